The van der Waals surface area contributed by atoms with E-state index < -0.39 is 6.10 Å². The highest BCUT2D eigenvalue weighted by molar-refractivity contribution is 5.17. The molecular formula is C9H8N4O. The second-order valence-corrected chi connectivity index (χ2v) is 2.70. The van der Waals surface area contributed by atoms with Gasteiger partial charge in [0.05, 0.1) is 11.9 Å². The van der Waals surface area contributed by atoms with Crippen LogP contribution < -0.4 is 0 Å². The Hall–Kier alpha value is -1.88. The van der Waals surface area contributed by atoms with E-state index in [9.17, 15) is 5.11 Å². The first-order chi connectivity index (χ1) is 6.88. The number of aliphatic hydroxyl groups excluding tert-OH is 1. The summed E-state index contributed by atoms with van der Waals surface area (Å²) in [6, 6.07) is 0. The maximum Gasteiger partial charge on any atom is 0.125 e. The van der Waals surface area contributed by atoms with Gasteiger partial charge in [0.2, 0.25) is 0 Å². The summed E-state index contributed by atoms with van der Waals surface area (Å²) in [5, 5.41) is 9.81. The lowest BCUT2D eigenvalue weighted by Gasteiger charge is -2.07. The van der Waals surface area contributed by atoms with Crippen molar-refractivity contribution in [1.82, 2.24) is 19.9 Å². The predicted octanol–water partition coefficient (Wildman–Crippen LogP) is 0.348. The third-order valence-corrected chi connectivity index (χ3v) is 1.76. The molecule has 0 amide bonds. The van der Waals surface area contributed by atoms with Gasteiger partial charge in [0.15, 0.2) is 0 Å². The topological polar surface area (TPSA) is 71.8 Å². The van der Waals surface area contributed by atoms with Gasteiger partial charge in [0.1, 0.15) is 12.4 Å². The minimum absolute atomic E-state index is 0.488. The quantitative estimate of drug-likeness (QED) is 0.736. The number of hydrogen-bond acceptors (Lipinski definition) is 5. The number of aliphatic hydroxyl groups is 1. The van der Waals surface area contributed by atoms with Crippen LogP contribution in [0.5, 0.6) is 0 Å². The van der Waals surface area contributed by atoms with Crippen molar-refractivity contribution in [2.75, 3.05) is 0 Å². The molecule has 0 aliphatic heterocycles. The number of rotatable bonds is 2. The van der Waals surface area contributed by atoms with Crippen LogP contribution in [0, 0.1) is 0 Å². The monoisotopic (exact) mass is 188 g/mol. The van der Waals surface area contributed by atoms with Gasteiger partial charge in [0.25, 0.3) is 0 Å². The molecule has 2 aromatic heterocycles. The maximum absolute atomic E-state index is 9.81. The van der Waals surface area contributed by atoms with Crippen molar-refractivity contribution in [3.63, 3.8) is 0 Å². The molecule has 0 fully saturated rings. The van der Waals surface area contributed by atoms with Crippen LogP contribution in [-0.4, -0.2) is 25.0 Å². The zero-order valence-corrected chi connectivity index (χ0v) is 7.28. The predicted molar refractivity (Wildman–Crippen MR) is 48.1 cm³/mol. The van der Waals surface area contributed by atoms with Gasteiger partial charge in [0, 0.05) is 30.4 Å². The fourth-order valence-corrected chi connectivity index (χ4v) is 1.07. The Labute approximate surface area is 80.5 Å². The molecule has 0 saturated carbocycles. The number of aromatic nitrogens is 4. The van der Waals surface area contributed by atoms with Crippen LogP contribution in [0.25, 0.3) is 0 Å². The lowest BCUT2D eigenvalue weighted by Crippen LogP contribution is -2.03. The van der Waals surface area contributed by atoms with Gasteiger partial charge < -0.3 is 5.11 Å². The van der Waals surface area contributed by atoms with E-state index >= 15 is 0 Å². The first-order valence-electron chi connectivity index (χ1n) is 4.07. The first kappa shape index (κ1) is 8.71. The molecule has 1 atom stereocenters. The van der Waals surface area contributed by atoms with Crippen molar-refractivity contribution < 1.29 is 5.11 Å². The summed E-state index contributed by atoms with van der Waals surface area (Å²) in [5.41, 5.74) is 1.09. The number of hydrogen-bond donors (Lipinski definition) is 1. The zero-order valence-electron chi connectivity index (χ0n) is 7.28. The van der Waals surface area contributed by atoms with Gasteiger partial charge in [-0.15, -0.1) is 0 Å². The first-order valence-corrected chi connectivity index (χ1v) is 4.07. The zero-order chi connectivity index (χ0) is 9.80. The van der Waals surface area contributed by atoms with Gasteiger partial charge in [-0.3, -0.25) is 9.97 Å². The Morgan fingerprint density at radius 3 is 2.43 bits per heavy atom. The molecule has 0 bridgehead atoms. The molecule has 0 aromatic carbocycles. The molecule has 2 heterocycles. The lowest BCUT2D eigenvalue weighted by molar-refractivity contribution is 0.214. The maximum atomic E-state index is 9.81. The minimum atomic E-state index is -0.815. The molecule has 0 saturated heterocycles. The minimum Gasteiger partial charge on any atom is -0.382 e. The van der Waals surface area contributed by atoms with Crippen LogP contribution in [0.4, 0.5) is 0 Å². The van der Waals surface area contributed by atoms with E-state index in [1.54, 1.807) is 18.6 Å². The Morgan fingerprint density at radius 2 is 1.79 bits per heavy atom. The molecule has 70 valence electrons. The van der Waals surface area contributed by atoms with E-state index in [-0.39, 0.29) is 0 Å². The summed E-state index contributed by atoms with van der Waals surface area (Å²) in [5.74, 6) is 0. The van der Waals surface area contributed by atoms with Crippen molar-refractivity contribution >= 4 is 0 Å². The van der Waals surface area contributed by atoms with Gasteiger partial charge in [-0.2, -0.15) is 0 Å². The van der Waals surface area contributed by atoms with Crippen molar-refractivity contribution in [1.29, 1.82) is 0 Å². The van der Waals surface area contributed by atoms with Gasteiger partial charge in [-0.05, 0) is 0 Å². The highest BCUT2D eigenvalue weighted by atomic mass is 16.3. The summed E-state index contributed by atoms with van der Waals surface area (Å²) in [4.78, 5) is 15.5. The standard InChI is InChI=1S/C9H8N4O/c14-9(7-3-11-6-12-4-7)8-5-10-1-2-13-8/h1-6,9,14H. The third-order valence-electron chi connectivity index (χ3n) is 1.76. The molecule has 0 aliphatic rings. The lowest BCUT2D eigenvalue weighted by atomic mass is 10.1. The van der Waals surface area contributed by atoms with Gasteiger partial charge >= 0.3 is 0 Å². The van der Waals surface area contributed by atoms with Crippen LogP contribution >= 0.6 is 0 Å². The Balaban J connectivity index is 2.30. The fourth-order valence-electron chi connectivity index (χ4n) is 1.07. The second kappa shape index (κ2) is 3.89. The van der Waals surface area contributed by atoms with Crippen LogP contribution in [0.2, 0.25) is 0 Å². The number of nitrogens with zero attached hydrogens (tertiary/aromatic N) is 4. The molecule has 2 aromatic rings. The van der Waals surface area contributed by atoms with E-state index in [2.05, 4.69) is 19.9 Å². The average molecular weight is 188 g/mol. The third kappa shape index (κ3) is 1.72. The Bertz CT molecular complexity index is 353. The largest absolute Gasteiger partial charge is 0.382 e. The molecule has 1 unspecified atom stereocenters. The SMILES string of the molecule is OC(c1cncnc1)c1cnccn1. The van der Waals surface area contributed by atoms with Crippen molar-refractivity contribution in [3.05, 3.63) is 48.6 Å². The molecule has 1 N–H and O–H groups in total. The van der Waals surface area contributed by atoms with Gasteiger partial charge in [-0.1, -0.05) is 0 Å². The second-order valence-electron chi connectivity index (χ2n) is 2.70. The van der Waals surface area contributed by atoms with Crippen LogP contribution in [0.1, 0.15) is 17.4 Å². The molecule has 2 rings (SSSR count). The summed E-state index contributed by atoms with van der Waals surface area (Å²) in [6.45, 7) is 0. The normalized spacial score (nSPS) is 12.4. The molecule has 0 spiro atoms. The van der Waals surface area contributed by atoms with E-state index in [0.717, 1.165) is 0 Å². The van der Waals surface area contributed by atoms with Crippen LogP contribution in [-0.2, 0) is 0 Å². The highest BCUT2D eigenvalue weighted by Crippen LogP contribution is 2.16. The van der Waals surface area contributed by atoms with E-state index in [0.29, 0.717) is 11.3 Å². The summed E-state index contributed by atoms with van der Waals surface area (Å²) >= 11 is 0. The summed E-state index contributed by atoms with van der Waals surface area (Å²) < 4.78 is 0. The van der Waals surface area contributed by atoms with Gasteiger partial charge in [-0.25, -0.2) is 9.97 Å². The molecule has 5 nitrogen and oxygen atoms in total. The van der Waals surface area contributed by atoms with E-state index in [1.165, 1.54) is 18.7 Å². The van der Waals surface area contributed by atoms with Crippen molar-refractivity contribution in [2.24, 2.45) is 0 Å². The summed E-state index contributed by atoms with van der Waals surface area (Å²) in [6.07, 6.45) is 8.29. The Kier molecular flexibility index (Phi) is 2.42. The van der Waals surface area contributed by atoms with E-state index in [4.69, 9.17) is 0 Å². The van der Waals surface area contributed by atoms with Crippen molar-refractivity contribution in [3.8, 4) is 0 Å². The fraction of sp³-hybridized carbons (Fsp3) is 0.111. The summed E-state index contributed by atoms with van der Waals surface area (Å²) in [7, 11) is 0. The van der Waals surface area contributed by atoms with Crippen LogP contribution in [0.15, 0.2) is 37.3 Å². The molecule has 0 aliphatic carbocycles. The molecule has 14 heavy (non-hydrogen) atoms. The smallest absolute Gasteiger partial charge is 0.125 e. The van der Waals surface area contributed by atoms with Crippen molar-refractivity contribution in [2.45, 2.75) is 6.10 Å². The molecule has 0 radical (unpaired) electrons. The highest BCUT2D eigenvalue weighted by Gasteiger charge is 2.11. The Morgan fingerprint density at radius 1 is 1.00 bits per heavy atom. The molecular weight excluding hydrogens is 180 g/mol. The van der Waals surface area contributed by atoms with Crippen LogP contribution in [0.3, 0.4) is 0 Å². The molecule has 5 heteroatoms. The van der Waals surface area contributed by atoms with E-state index in [1.807, 2.05) is 0 Å². The average Bonchev–Trinajstić information content (AvgIpc) is 2.30.